The standard InChI is InChI=1S/C26H28N2O2/c1-20-8-7-17-28(18-20)19-21-13-15-22(16-14-21)26(29)27-24-11-5-6-12-25(24)30-23-9-3-2-4-10-23/h2-6,9-16,20H,7-8,17-19H2,1H3,(H,27,29). The third-order valence-electron chi connectivity index (χ3n) is 5.47. The number of likely N-dealkylation sites (tertiary alicyclic amines) is 1. The molecule has 1 aliphatic heterocycles. The van der Waals surface area contributed by atoms with Gasteiger partial charge in [0.15, 0.2) is 5.75 Å². The Morgan fingerprint density at radius 2 is 1.73 bits per heavy atom. The molecule has 4 rings (SSSR count). The fourth-order valence-corrected chi connectivity index (χ4v) is 3.92. The summed E-state index contributed by atoms with van der Waals surface area (Å²) in [6, 6.07) is 25.0. The van der Waals surface area contributed by atoms with Crippen molar-refractivity contribution in [3.05, 3.63) is 90.0 Å². The van der Waals surface area contributed by atoms with Crippen LogP contribution in [0.2, 0.25) is 0 Å². The van der Waals surface area contributed by atoms with Gasteiger partial charge in [0.05, 0.1) is 5.69 Å². The molecule has 154 valence electrons. The van der Waals surface area contributed by atoms with Crippen molar-refractivity contribution in [2.45, 2.75) is 26.3 Å². The first-order valence-corrected chi connectivity index (χ1v) is 10.6. The molecule has 4 heteroatoms. The van der Waals surface area contributed by atoms with Crippen LogP contribution in [0.5, 0.6) is 11.5 Å². The zero-order chi connectivity index (χ0) is 20.8. The molecule has 30 heavy (non-hydrogen) atoms. The van der Waals surface area contributed by atoms with E-state index in [-0.39, 0.29) is 5.91 Å². The normalized spacial score (nSPS) is 16.8. The molecule has 1 saturated heterocycles. The predicted octanol–water partition coefficient (Wildman–Crippen LogP) is 5.96. The molecule has 1 atom stereocenters. The lowest BCUT2D eigenvalue weighted by atomic mass is 9.99. The van der Waals surface area contributed by atoms with Gasteiger partial charge in [-0.1, -0.05) is 49.4 Å². The maximum Gasteiger partial charge on any atom is 0.255 e. The van der Waals surface area contributed by atoms with Crippen molar-refractivity contribution in [2.24, 2.45) is 5.92 Å². The van der Waals surface area contributed by atoms with Gasteiger partial charge in [-0.2, -0.15) is 0 Å². The number of rotatable bonds is 6. The highest BCUT2D eigenvalue weighted by atomic mass is 16.5. The van der Waals surface area contributed by atoms with Crippen LogP contribution in [0, 0.1) is 5.92 Å². The molecule has 0 spiro atoms. The Balaban J connectivity index is 1.40. The molecule has 1 heterocycles. The minimum atomic E-state index is -0.141. The number of piperidine rings is 1. The van der Waals surface area contributed by atoms with Crippen molar-refractivity contribution in [1.29, 1.82) is 0 Å². The molecule has 1 unspecified atom stereocenters. The Labute approximate surface area is 178 Å². The zero-order valence-electron chi connectivity index (χ0n) is 17.4. The molecule has 4 nitrogen and oxygen atoms in total. The summed E-state index contributed by atoms with van der Waals surface area (Å²) in [6.45, 7) is 5.57. The Morgan fingerprint density at radius 1 is 1.00 bits per heavy atom. The number of ether oxygens (including phenoxy) is 1. The van der Waals surface area contributed by atoms with Gasteiger partial charge in [-0.05, 0) is 67.3 Å². The van der Waals surface area contributed by atoms with Crippen LogP contribution in [0.1, 0.15) is 35.7 Å². The number of carbonyl (C=O) groups excluding carboxylic acids is 1. The Morgan fingerprint density at radius 3 is 2.50 bits per heavy atom. The van der Waals surface area contributed by atoms with Gasteiger partial charge in [0, 0.05) is 18.7 Å². The second-order valence-corrected chi connectivity index (χ2v) is 8.04. The summed E-state index contributed by atoms with van der Waals surface area (Å²) in [5.41, 5.74) is 2.53. The van der Waals surface area contributed by atoms with Crippen molar-refractivity contribution in [3.63, 3.8) is 0 Å². The van der Waals surface area contributed by atoms with E-state index in [9.17, 15) is 4.79 Å². The average molecular weight is 401 g/mol. The molecule has 0 aliphatic carbocycles. The fraction of sp³-hybridized carbons (Fsp3) is 0.269. The summed E-state index contributed by atoms with van der Waals surface area (Å²) in [5.74, 6) is 1.97. The van der Waals surface area contributed by atoms with E-state index >= 15 is 0 Å². The van der Waals surface area contributed by atoms with Crippen molar-refractivity contribution >= 4 is 11.6 Å². The molecule has 3 aromatic carbocycles. The Kier molecular flexibility index (Phi) is 6.45. The van der Waals surface area contributed by atoms with Gasteiger partial charge in [0.1, 0.15) is 5.75 Å². The van der Waals surface area contributed by atoms with Gasteiger partial charge in [-0.25, -0.2) is 0 Å². The van der Waals surface area contributed by atoms with Crippen molar-refractivity contribution in [1.82, 2.24) is 4.90 Å². The maximum atomic E-state index is 12.8. The minimum absolute atomic E-state index is 0.141. The SMILES string of the molecule is CC1CCCN(Cc2ccc(C(=O)Nc3ccccc3Oc3ccccc3)cc2)C1. The molecule has 0 aromatic heterocycles. The van der Waals surface area contributed by atoms with Crippen molar-refractivity contribution in [2.75, 3.05) is 18.4 Å². The lowest BCUT2D eigenvalue weighted by molar-refractivity contribution is 0.102. The Hall–Kier alpha value is -3.11. The zero-order valence-corrected chi connectivity index (χ0v) is 17.4. The number of nitrogens with zero attached hydrogens (tertiary/aromatic N) is 1. The number of carbonyl (C=O) groups is 1. The summed E-state index contributed by atoms with van der Waals surface area (Å²) in [4.78, 5) is 15.3. The van der Waals surface area contributed by atoms with Gasteiger partial charge >= 0.3 is 0 Å². The van der Waals surface area contributed by atoms with Gasteiger partial charge in [0.2, 0.25) is 0 Å². The van der Waals surface area contributed by atoms with Crippen molar-refractivity contribution < 1.29 is 9.53 Å². The summed E-state index contributed by atoms with van der Waals surface area (Å²) < 4.78 is 5.94. The molecule has 0 radical (unpaired) electrons. The van der Waals surface area contributed by atoms with Crippen LogP contribution < -0.4 is 10.1 Å². The van der Waals surface area contributed by atoms with E-state index in [0.717, 1.165) is 31.3 Å². The molecule has 0 bridgehead atoms. The first-order valence-electron chi connectivity index (χ1n) is 10.6. The summed E-state index contributed by atoms with van der Waals surface area (Å²) >= 11 is 0. The maximum absolute atomic E-state index is 12.8. The second-order valence-electron chi connectivity index (χ2n) is 8.04. The number of benzene rings is 3. The molecule has 1 aliphatic rings. The minimum Gasteiger partial charge on any atom is -0.455 e. The number of para-hydroxylation sites is 3. The Bertz CT molecular complexity index is 970. The largest absolute Gasteiger partial charge is 0.455 e. The number of nitrogens with one attached hydrogen (secondary N) is 1. The van der Waals surface area contributed by atoms with Crippen LogP contribution in [0.15, 0.2) is 78.9 Å². The van der Waals surface area contributed by atoms with Gasteiger partial charge in [-0.3, -0.25) is 9.69 Å². The van der Waals surface area contributed by atoms with Crippen LogP contribution >= 0.6 is 0 Å². The number of anilines is 1. The average Bonchev–Trinajstić information content (AvgIpc) is 2.76. The highest BCUT2D eigenvalue weighted by Gasteiger charge is 2.16. The van der Waals surface area contributed by atoms with Gasteiger partial charge < -0.3 is 10.1 Å². The third kappa shape index (κ3) is 5.28. The van der Waals surface area contributed by atoms with E-state index in [0.29, 0.717) is 17.0 Å². The first-order chi connectivity index (χ1) is 14.7. The van der Waals surface area contributed by atoms with Crippen LogP contribution in [-0.2, 0) is 6.54 Å². The highest BCUT2D eigenvalue weighted by molar-refractivity contribution is 6.05. The second kappa shape index (κ2) is 9.59. The van der Waals surface area contributed by atoms with E-state index in [2.05, 4.69) is 29.3 Å². The number of amides is 1. The topological polar surface area (TPSA) is 41.6 Å². The third-order valence-corrected chi connectivity index (χ3v) is 5.47. The predicted molar refractivity (Wildman–Crippen MR) is 121 cm³/mol. The van der Waals surface area contributed by atoms with E-state index in [1.165, 1.54) is 18.4 Å². The number of hydrogen-bond acceptors (Lipinski definition) is 3. The van der Waals surface area contributed by atoms with Gasteiger partial charge in [0.25, 0.3) is 5.91 Å². The first kappa shape index (κ1) is 20.2. The summed E-state index contributed by atoms with van der Waals surface area (Å²) in [6.07, 6.45) is 2.59. The highest BCUT2D eigenvalue weighted by Crippen LogP contribution is 2.29. The molecular weight excluding hydrogens is 372 g/mol. The van der Waals surface area contributed by atoms with Crippen LogP contribution in [0.25, 0.3) is 0 Å². The van der Waals surface area contributed by atoms with E-state index in [1.807, 2.05) is 66.7 Å². The van der Waals surface area contributed by atoms with Gasteiger partial charge in [-0.15, -0.1) is 0 Å². The molecule has 1 fully saturated rings. The van der Waals surface area contributed by atoms with E-state index < -0.39 is 0 Å². The molecule has 1 N–H and O–H groups in total. The van der Waals surface area contributed by atoms with Crippen LogP contribution in [0.3, 0.4) is 0 Å². The lowest BCUT2D eigenvalue weighted by Crippen LogP contribution is -2.33. The van der Waals surface area contributed by atoms with Crippen LogP contribution in [-0.4, -0.2) is 23.9 Å². The quantitative estimate of drug-likeness (QED) is 0.555. The van der Waals surface area contributed by atoms with E-state index in [1.54, 1.807) is 0 Å². The lowest BCUT2D eigenvalue weighted by Gasteiger charge is -2.30. The summed E-state index contributed by atoms with van der Waals surface area (Å²) in [7, 11) is 0. The molecule has 0 saturated carbocycles. The van der Waals surface area contributed by atoms with Crippen LogP contribution in [0.4, 0.5) is 5.69 Å². The smallest absolute Gasteiger partial charge is 0.255 e. The molecule has 3 aromatic rings. The van der Waals surface area contributed by atoms with E-state index in [4.69, 9.17) is 4.74 Å². The van der Waals surface area contributed by atoms with Crippen molar-refractivity contribution in [3.8, 4) is 11.5 Å². The molecular formula is C26H28N2O2. The monoisotopic (exact) mass is 400 g/mol. The number of hydrogen-bond donors (Lipinski definition) is 1. The molecule has 1 amide bonds. The summed E-state index contributed by atoms with van der Waals surface area (Å²) in [5, 5.41) is 2.98. The fourth-order valence-electron chi connectivity index (χ4n) is 3.92.